The van der Waals surface area contributed by atoms with E-state index in [1.54, 1.807) is 6.26 Å². The second-order valence-electron chi connectivity index (χ2n) is 4.74. The van der Waals surface area contributed by atoms with E-state index in [2.05, 4.69) is 15.9 Å². The van der Waals surface area contributed by atoms with Crippen LogP contribution in [0, 0.1) is 0 Å². The molecule has 0 spiro atoms. The topological polar surface area (TPSA) is 30.2 Å². The lowest BCUT2D eigenvalue weighted by atomic mass is 9.81. The number of alkyl halides is 1. The number of benzene rings is 1. The van der Waals surface area contributed by atoms with Crippen molar-refractivity contribution >= 4 is 21.7 Å². The summed E-state index contributed by atoms with van der Waals surface area (Å²) in [6, 6.07) is 11.7. The van der Waals surface area contributed by atoms with E-state index in [0.29, 0.717) is 5.33 Å². The summed E-state index contributed by atoms with van der Waals surface area (Å²) in [7, 11) is 0. The fraction of sp³-hybridized carbons (Fsp3) is 0.353. The molecule has 2 rings (SSSR count). The van der Waals surface area contributed by atoms with Gasteiger partial charge in [0.15, 0.2) is 5.78 Å². The lowest BCUT2D eigenvalue weighted by Gasteiger charge is -2.22. The Morgan fingerprint density at radius 3 is 2.20 bits per heavy atom. The average Bonchev–Trinajstić information content (AvgIpc) is 3.03. The van der Waals surface area contributed by atoms with Crippen molar-refractivity contribution in [1.29, 1.82) is 0 Å². The van der Waals surface area contributed by atoms with Crippen LogP contribution in [0.1, 0.15) is 33.3 Å². The molecule has 20 heavy (non-hydrogen) atoms. The molecule has 0 aliphatic carbocycles. The highest BCUT2D eigenvalue weighted by Gasteiger charge is 2.28. The molecule has 0 radical (unpaired) electrons. The van der Waals surface area contributed by atoms with Crippen molar-refractivity contribution in [3.8, 4) is 11.3 Å². The van der Waals surface area contributed by atoms with Gasteiger partial charge in [0.2, 0.25) is 0 Å². The maximum Gasteiger partial charge on any atom is 0.153 e. The molecule has 0 atom stereocenters. The first-order valence-electron chi connectivity index (χ1n) is 6.79. The van der Waals surface area contributed by atoms with Gasteiger partial charge in [0.05, 0.1) is 11.6 Å². The SMILES string of the molecule is CC.CC(C)(C(=O)CBr)c1ccc(-c2ccco2)cc1. The second-order valence-corrected chi connectivity index (χ2v) is 5.30. The Kier molecular flexibility index (Phi) is 6.21. The molecule has 2 nitrogen and oxygen atoms in total. The summed E-state index contributed by atoms with van der Waals surface area (Å²) in [5.41, 5.74) is 1.57. The molecular formula is C17H21BrO2. The average molecular weight is 337 g/mol. The number of ketones is 1. The largest absolute Gasteiger partial charge is 0.464 e. The molecule has 1 aromatic heterocycles. The smallest absolute Gasteiger partial charge is 0.153 e. The third-order valence-corrected chi connectivity index (χ3v) is 3.74. The monoisotopic (exact) mass is 336 g/mol. The zero-order valence-corrected chi connectivity index (χ0v) is 14.0. The van der Waals surface area contributed by atoms with E-state index in [1.165, 1.54) is 0 Å². The lowest BCUT2D eigenvalue weighted by Crippen LogP contribution is -2.29. The van der Waals surface area contributed by atoms with Crippen molar-refractivity contribution in [2.45, 2.75) is 33.1 Å². The second kappa shape index (κ2) is 7.44. The number of furan rings is 1. The molecule has 0 bridgehead atoms. The van der Waals surface area contributed by atoms with E-state index in [4.69, 9.17) is 4.42 Å². The molecule has 0 N–H and O–H groups in total. The van der Waals surface area contributed by atoms with Crippen molar-refractivity contribution in [1.82, 2.24) is 0 Å². The van der Waals surface area contributed by atoms with Crippen LogP contribution in [0.3, 0.4) is 0 Å². The van der Waals surface area contributed by atoms with E-state index in [-0.39, 0.29) is 5.78 Å². The molecule has 0 saturated carbocycles. The quantitative estimate of drug-likeness (QED) is 0.717. The first-order chi connectivity index (χ1) is 9.55. The molecule has 1 aromatic carbocycles. The van der Waals surface area contributed by atoms with Crippen LogP contribution in [0.4, 0.5) is 0 Å². The highest BCUT2D eigenvalue weighted by Crippen LogP contribution is 2.28. The van der Waals surface area contributed by atoms with Gasteiger partial charge in [-0.3, -0.25) is 4.79 Å². The summed E-state index contributed by atoms with van der Waals surface area (Å²) >= 11 is 3.23. The van der Waals surface area contributed by atoms with E-state index in [0.717, 1.165) is 16.9 Å². The Balaban J connectivity index is 0.000000956. The van der Waals surface area contributed by atoms with Crippen molar-refractivity contribution < 1.29 is 9.21 Å². The number of carbonyl (C=O) groups is 1. The zero-order chi connectivity index (χ0) is 15.2. The van der Waals surface area contributed by atoms with Crippen molar-refractivity contribution in [3.05, 3.63) is 48.2 Å². The maximum atomic E-state index is 11.9. The Morgan fingerprint density at radius 1 is 1.15 bits per heavy atom. The normalized spacial score (nSPS) is 10.7. The molecule has 0 aliphatic rings. The van der Waals surface area contributed by atoms with Gasteiger partial charge in [-0.05, 0) is 31.5 Å². The number of Topliss-reactive ketones (excluding diaryl/α,β-unsaturated/α-hetero) is 1. The first-order valence-corrected chi connectivity index (χ1v) is 7.91. The number of hydrogen-bond acceptors (Lipinski definition) is 2. The molecule has 0 aliphatic heterocycles. The highest BCUT2D eigenvalue weighted by molar-refractivity contribution is 9.09. The molecule has 0 fully saturated rings. The molecule has 0 unspecified atom stereocenters. The first kappa shape index (κ1) is 16.7. The molecule has 2 aromatic rings. The van der Waals surface area contributed by atoms with E-state index in [1.807, 2.05) is 64.1 Å². The van der Waals surface area contributed by atoms with E-state index < -0.39 is 5.41 Å². The van der Waals surface area contributed by atoms with Crippen LogP contribution in [0.15, 0.2) is 47.1 Å². The minimum atomic E-state index is -0.467. The van der Waals surface area contributed by atoms with Gasteiger partial charge in [0.1, 0.15) is 5.76 Å². The Labute approximate surface area is 129 Å². The fourth-order valence-electron chi connectivity index (χ4n) is 1.82. The summed E-state index contributed by atoms with van der Waals surface area (Å²) < 4.78 is 5.34. The van der Waals surface area contributed by atoms with Gasteiger partial charge in [-0.25, -0.2) is 0 Å². The summed E-state index contributed by atoms with van der Waals surface area (Å²) in [4.78, 5) is 11.9. The van der Waals surface area contributed by atoms with Gasteiger partial charge in [-0.1, -0.05) is 54.0 Å². The van der Waals surface area contributed by atoms with E-state index in [9.17, 15) is 4.79 Å². The van der Waals surface area contributed by atoms with Crippen LogP contribution >= 0.6 is 15.9 Å². The van der Waals surface area contributed by atoms with Gasteiger partial charge in [-0.2, -0.15) is 0 Å². The van der Waals surface area contributed by atoms with Crippen LogP contribution in [0.5, 0.6) is 0 Å². The molecule has 108 valence electrons. The van der Waals surface area contributed by atoms with Crippen LogP contribution in [-0.4, -0.2) is 11.1 Å². The Morgan fingerprint density at radius 2 is 1.75 bits per heavy atom. The van der Waals surface area contributed by atoms with Crippen LogP contribution in [0.2, 0.25) is 0 Å². The molecular weight excluding hydrogens is 316 g/mol. The van der Waals surface area contributed by atoms with Gasteiger partial charge in [0, 0.05) is 11.0 Å². The van der Waals surface area contributed by atoms with Crippen LogP contribution in [0.25, 0.3) is 11.3 Å². The van der Waals surface area contributed by atoms with Crippen molar-refractivity contribution in [3.63, 3.8) is 0 Å². The summed E-state index contributed by atoms with van der Waals surface area (Å²) in [5.74, 6) is 1.01. The minimum absolute atomic E-state index is 0.174. The third-order valence-electron chi connectivity index (χ3n) is 3.23. The van der Waals surface area contributed by atoms with Gasteiger partial charge >= 0.3 is 0 Å². The zero-order valence-electron chi connectivity index (χ0n) is 12.4. The van der Waals surface area contributed by atoms with Gasteiger partial charge in [-0.15, -0.1) is 0 Å². The van der Waals surface area contributed by atoms with Crippen molar-refractivity contribution in [2.75, 3.05) is 5.33 Å². The Hall–Kier alpha value is -1.35. The molecule has 1 heterocycles. The number of halogens is 1. The summed E-state index contributed by atoms with van der Waals surface area (Å²) in [6.07, 6.45) is 1.65. The third kappa shape index (κ3) is 3.60. The molecule has 0 amide bonds. The summed E-state index contributed by atoms with van der Waals surface area (Å²) in [6.45, 7) is 7.89. The Bertz CT molecular complexity index is 525. The fourth-order valence-corrected chi connectivity index (χ4v) is 2.52. The summed E-state index contributed by atoms with van der Waals surface area (Å²) in [5, 5.41) is 0.375. The maximum absolute atomic E-state index is 11.9. The number of rotatable bonds is 4. The standard InChI is InChI=1S/C15H15BrO2.C2H6/c1-15(2,14(17)10-16)12-7-5-11(6-8-12)13-4-3-9-18-13;1-2/h3-9H,10H2,1-2H3;1-2H3. The van der Waals surface area contributed by atoms with Gasteiger partial charge < -0.3 is 4.42 Å². The van der Waals surface area contributed by atoms with Crippen LogP contribution < -0.4 is 0 Å². The van der Waals surface area contributed by atoms with Gasteiger partial charge in [0.25, 0.3) is 0 Å². The predicted molar refractivity (Wildman–Crippen MR) is 87.3 cm³/mol. The predicted octanol–water partition coefficient (Wildman–Crippen LogP) is 5.21. The van der Waals surface area contributed by atoms with Crippen molar-refractivity contribution in [2.24, 2.45) is 0 Å². The molecule has 0 saturated heterocycles. The number of hydrogen-bond donors (Lipinski definition) is 0. The number of carbonyl (C=O) groups excluding carboxylic acids is 1. The van der Waals surface area contributed by atoms with Crippen LogP contribution in [-0.2, 0) is 10.2 Å². The van der Waals surface area contributed by atoms with E-state index >= 15 is 0 Å². The highest BCUT2D eigenvalue weighted by atomic mass is 79.9. The molecule has 3 heteroatoms. The lowest BCUT2D eigenvalue weighted by molar-refractivity contribution is -0.120. The minimum Gasteiger partial charge on any atom is -0.464 e.